The molecular weight excluding hydrogens is 269 g/mol. The molecule has 0 aliphatic carbocycles. The number of likely N-dealkylation sites (N-methyl/N-ethyl adjacent to an activating group) is 1. The highest BCUT2D eigenvalue weighted by Crippen LogP contribution is 2.31. The van der Waals surface area contributed by atoms with Crippen molar-refractivity contribution in [3.63, 3.8) is 0 Å². The lowest BCUT2D eigenvalue weighted by Crippen LogP contribution is -2.37. The zero-order chi connectivity index (χ0) is 15.5. The Morgan fingerprint density at radius 3 is 2.45 bits per heavy atom. The molecule has 0 fully saturated rings. The summed E-state index contributed by atoms with van der Waals surface area (Å²) >= 11 is 0. The van der Waals surface area contributed by atoms with Crippen molar-refractivity contribution in [2.24, 2.45) is 0 Å². The normalized spacial score (nSPS) is 11.6. The third-order valence-electron chi connectivity index (χ3n) is 3.16. The lowest BCUT2D eigenvalue weighted by molar-refractivity contribution is -0.137. The maximum atomic E-state index is 12.6. The Bertz CT molecular complexity index is 484. The second kappa shape index (κ2) is 6.15. The number of hydrogen-bond acceptors (Lipinski definition) is 2. The van der Waals surface area contributed by atoms with E-state index in [0.29, 0.717) is 11.3 Å². The number of alkyl halides is 3. The van der Waals surface area contributed by atoms with Crippen LogP contribution in [0.25, 0.3) is 0 Å². The van der Waals surface area contributed by atoms with Crippen LogP contribution in [0.5, 0.6) is 0 Å². The molecule has 0 aliphatic rings. The van der Waals surface area contributed by atoms with Crippen LogP contribution in [0.1, 0.15) is 25.0 Å². The van der Waals surface area contributed by atoms with Gasteiger partial charge in [-0.15, -0.1) is 0 Å². The van der Waals surface area contributed by atoms with Gasteiger partial charge in [0.1, 0.15) is 0 Å². The summed E-state index contributed by atoms with van der Waals surface area (Å²) in [5.74, 6) is -0.170. The molecule has 1 N–H and O–H groups in total. The van der Waals surface area contributed by atoms with E-state index in [0.717, 1.165) is 12.1 Å². The van der Waals surface area contributed by atoms with E-state index in [-0.39, 0.29) is 18.5 Å². The fourth-order valence-corrected chi connectivity index (χ4v) is 1.57. The van der Waals surface area contributed by atoms with Crippen molar-refractivity contribution in [1.82, 2.24) is 4.90 Å². The van der Waals surface area contributed by atoms with Gasteiger partial charge < -0.3 is 10.2 Å². The highest BCUT2D eigenvalue weighted by molar-refractivity contribution is 5.81. The lowest BCUT2D eigenvalue weighted by Gasteiger charge is -2.22. The second-order valence-electron chi connectivity index (χ2n) is 4.98. The number of amides is 1. The van der Waals surface area contributed by atoms with Gasteiger partial charge in [-0.1, -0.05) is 6.07 Å². The first-order chi connectivity index (χ1) is 9.12. The Labute approximate surface area is 116 Å². The van der Waals surface area contributed by atoms with Crippen LogP contribution in [-0.2, 0) is 11.0 Å². The number of aryl methyl sites for hydroxylation is 1. The van der Waals surface area contributed by atoms with Crippen LogP contribution in [0.3, 0.4) is 0 Å². The van der Waals surface area contributed by atoms with Crippen LogP contribution in [0.4, 0.5) is 18.9 Å². The van der Waals surface area contributed by atoms with Crippen LogP contribution >= 0.6 is 0 Å². The summed E-state index contributed by atoms with van der Waals surface area (Å²) in [6.45, 7) is 5.40. The number of nitrogens with one attached hydrogen (secondary N) is 1. The molecule has 0 aliphatic heterocycles. The van der Waals surface area contributed by atoms with E-state index in [4.69, 9.17) is 0 Å². The van der Waals surface area contributed by atoms with Gasteiger partial charge in [-0.25, -0.2) is 0 Å². The number of nitrogens with zero attached hydrogens (tertiary/aromatic N) is 1. The van der Waals surface area contributed by atoms with E-state index >= 15 is 0 Å². The van der Waals surface area contributed by atoms with Gasteiger partial charge in [-0.2, -0.15) is 13.2 Å². The predicted octanol–water partition coefficient (Wildman–Crippen LogP) is 3.29. The Balaban J connectivity index is 2.80. The minimum absolute atomic E-state index is 0.0309. The van der Waals surface area contributed by atoms with Gasteiger partial charge in [-0.3, -0.25) is 4.79 Å². The lowest BCUT2D eigenvalue weighted by atomic mass is 10.1. The maximum absolute atomic E-state index is 12.6. The van der Waals surface area contributed by atoms with Gasteiger partial charge in [0.05, 0.1) is 12.1 Å². The monoisotopic (exact) mass is 288 g/mol. The molecule has 0 bridgehead atoms. The number of carbonyl (C=O) groups excluding carboxylic acids is 1. The molecule has 1 amide bonds. The van der Waals surface area contributed by atoms with E-state index < -0.39 is 11.7 Å². The van der Waals surface area contributed by atoms with E-state index in [2.05, 4.69) is 5.32 Å². The molecule has 0 spiro atoms. The van der Waals surface area contributed by atoms with Crippen molar-refractivity contribution < 1.29 is 18.0 Å². The topological polar surface area (TPSA) is 32.3 Å². The summed E-state index contributed by atoms with van der Waals surface area (Å²) in [6.07, 6.45) is -4.39. The summed E-state index contributed by atoms with van der Waals surface area (Å²) in [7, 11) is 1.66. The number of hydrogen-bond donors (Lipinski definition) is 1. The van der Waals surface area contributed by atoms with E-state index in [1.807, 2.05) is 13.8 Å². The zero-order valence-electron chi connectivity index (χ0n) is 12.0. The predicted molar refractivity (Wildman–Crippen MR) is 72.6 cm³/mol. The largest absolute Gasteiger partial charge is 0.416 e. The molecule has 0 aromatic heterocycles. The third-order valence-corrected chi connectivity index (χ3v) is 3.16. The molecular formula is C14H19F3N2O. The Morgan fingerprint density at radius 1 is 1.35 bits per heavy atom. The van der Waals surface area contributed by atoms with E-state index in [1.165, 1.54) is 11.0 Å². The number of carbonyl (C=O) groups is 1. The van der Waals surface area contributed by atoms with Crippen LogP contribution in [0.15, 0.2) is 18.2 Å². The molecule has 0 atom stereocenters. The van der Waals surface area contributed by atoms with Gasteiger partial charge >= 0.3 is 6.18 Å². The van der Waals surface area contributed by atoms with Crippen molar-refractivity contribution in [2.45, 2.75) is 33.0 Å². The zero-order valence-corrected chi connectivity index (χ0v) is 12.0. The Morgan fingerprint density at radius 2 is 1.95 bits per heavy atom. The first kappa shape index (κ1) is 16.3. The fourth-order valence-electron chi connectivity index (χ4n) is 1.57. The highest BCUT2D eigenvalue weighted by atomic mass is 19.4. The minimum atomic E-state index is -4.39. The standard InChI is InChI=1S/C14H19F3N2O/c1-9(2)19(4)13(20)8-18-12-7-11(14(15,16)17)6-5-10(12)3/h5-7,9,18H,8H2,1-4H3. The molecule has 20 heavy (non-hydrogen) atoms. The number of benzene rings is 1. The number of rotatable bonds is 4. The van der Waals surface area contributed by atoms with Crippen LogP contribution in [-0.4, -0.2) is 30.4 Å². The molecule has 1 aromatic rings. The molecule has 3 nitrogen and oxygen atoms in total. The fraction of sp³-hybridized carbons (Fsp3) is 0.500. The first-order valence-electron chi connectivity index (χ1n) is 6.30. The third kappa shape index (κ3) is 4.15. The van der Waals surface area contributed by atoms with E-state index in [1.54, 1.807) is 14.0 Å². The number of halogens is 3. The maximum Gasteiger partial charge on any atom is 0.416 e. The molecule has 0 unspecified atom stereocenters. The first-order valence-corrected chi connectivity index (χ1v) is 6.30. The molecule has 1 aromatic carbocycles. The highest BCUT2D eigenvalue weighted by Gasteiger charge is 2.30. The Hall–Kier alpha value is -1.72. The molecule has 0 saturated heterocycles. The molecule has 0 heterocycles. The van der Waals surface area contributed by atoms with Crippen molar-refractivity contribution >= 4 is 11.6 Å². The van der Waals surface area contributed by atoms with Crippen molar-refractivity contribution in [3.05, 3.63) is 29.3 Å². The quantitative estimate of drug-likeness (QED) is 0.922. The van der Waals surface area contributed by atoms with Gasteiger partial charge in [0.25, 0.3) is 0 Å². The van der Waals surface area contributed by atoms with Crippen LogP contribution in [0, 0.1) is 6.92 Å². The Kier molecular flexibility index (Phi) is 5.03. The summed E-state index contributed by atoms with van der Waals surface area (Å²) in [5.41, 5.74) is 0.263. The minimum Gasteiger partial charge on any atom is -0.376 e. The van der Waals surface area contributed by atoms with Crippen molar-refractivity contribution in [3.8, 4) is 0 Å². The summed E-state index contributed by atoms with van der Waals surface area (Å²) in [5, 5.41) is 2.77. The average Bonchev–Trinajstić information content (AvgIpc) is 2.34. The molecule has 0 saturated carbocycles. The average molecular weight is 288 g/mol. The van der Waals surface area contributed by atoms with Crippen LogP contribution < -0.4 is 5.32 Å². The van der Waals surface area contributed by atoms with Crippen LogP contribution in [0.2, 0.25) is 0 Å². The number of anilines is 1. The van der Waals surface area contributed by atoms with Crippen molar-refractivity contribution in [1.29, 1.82) is 0 Å². The van der Waals surface area contributed by atoms with E-state index in [9.17, 15) is 18.0 Å². The molecule has 112 valence electrons. The smallest absolute Gasteiger partial charge is 0.376 e. The van der Waals surface area contributed by atoms with Gasteiger partial charge in [0, 0.05) is 18.8 Å². The summed E-state index contributed by atoms with van der Waals surface area (Å²) in [6, 6.07) is 3.49. The molecule has 0 radical (unpaired) electrons. The summed E-state index contributed by atoms with van der Waals surface area (Å²) < 4.78 is 37.9. The van der Waals surface area contributed by atoms with Gasteiger partial charge in [0.15, 0.2) is 0 Å². The molecule has 6 heteroatoms. The van der Waals surface area contributed by atoms with Gasteiger partial charge in [0.2, 0.25) is 5.91 Å². The van der Waals surface area contributed by atoms with Gasteiger partial charge in [-0.05, 0) is 38.5 Å². The molecule has 1 rings (SSSR count). The van der Waals surface area contributed by atoms with Crippen molar-refractivity contribution in [2.75, 3.05) is 18.9 Å². The SMILES string of the molecule is Cc1ccc(C(F)(F)F)cc1NCC(=O)N(C)C(C)C. The summed E-state index contributed by atoms with van der Waals surface area (Å²) in [4.78, 5) is 13.3. The second-order valence-corrected chi connectivity index (χ2v) is 4.98.